The highest BCUT2D eigenvalue weighted by Crippen LogP contribution is 2.17. The third-order valence-corrected chi connectivity index (χ3v) is 4.86. The Morgan fingerprint density at radius 2 is 2.00 bits per heavy atom. The molecule has 0 saturated carbocycles. The van der Waals surface area contributed by atoms with E-state index in [0.29, 0.717) is 17.7 Å². The van der Waals surface area contributed by atoms with E-state index >= 15 is 0 Å². The average molecular weight is 387 g/mol. The van der Waals surface area contributed by atoms with Crippen LogP contribution in [0.1, 0.15) is 52.4 Å². The highest BCUT2D eigenvalue weighted by Gasteiger charge is 2.12. The maximum Gasteiger partial charge on any atom is 0.288 e. The van der Waals surface area contributed by atoms with Crippen LogP contribution in [0.4, 0.5) is 0 Å². The van der Waals surface area contributed by atoms with Crippen LogP contribution in [0.25, 0.3) is 0 Å². The summed E-state index contributed by atoms with van der Waals surface area (Å²) in [7, 11) is 1.48. The number of rotatable bonds is 9. The minimum atomic E-state index is -0.448. The van der Waals surface area contributed by atoms with Gasteiger partial charge in [0.05, 0.1) is 19.3 Å². The molecule has 0 unspecified atom stereocenters. The van der Waals surface area contributed by atoms with Gasteiger partial charge in [-0.15, -0.1) is 0 Å². The van der Waals surface area contributed by atoms with Crippen molar-refractivity contribution in [2.24, 2.45) is 5.92 Å². The number of aliphatic hydroxyl groups excluding tert-OH is 1. The van der Waals surface area contributed by atoms with Gasteiger partial charge in [-0.2, -0.15) is 0 Å². The second-order valence-corrected chi connectivity index (χ2v) is 7.29. The van der Waals surface area contributed by atoms with Gasteiger partial charge >= 0.3 is 0 Å². The zero-order valence-electron chi connectivity index (χ0n) is 18.2. The molecule has 1 rings (SSSR count). The summed E-state index contributed by atoms with van der Waals surface area (Å²) in [5.74, 6) is 0.934. The Hall–Kier alpha value is -2.33. The second-order valence-electron chi connectivity index (χ2n) is 7.29. The first-order valence-electron chi connectivity index (χ1n) is 9.68. The summed E-state index contributed by atoms with van der Waals surface area (Å²) in [5, 5.41) is 10.2. The zero-order chi connectivity index (χ0) is 21.3. The predicted molar refractivity (Wildman–Crippen MR) is 116 cm³/mol. The van der Waals surface area contributed by atoms with Crippen LogP contribution in [0.5, 0.6) is 5.95 Å². The lowest BCUT2D eigenvalue weighted by Crippen LogP contribution is -2.17. The molecule has 0 saturated heterocycles. The summed E-state index contributed by atoms with van der Waals surface area (Å²) in [6.07, 6.45) is 11.2. The fourth-order valence-corrected chi connectivity index (χ4v) is 2.80. The average Bonchev–Trinajstić information content (AvgIpc) is 2.67. The van der Waals surface area contributed by atoms with Gasteiger partial charge in [0.25, 0.3) is 5.95 Å². The van der Waals surface area contributed by atoms with Crippen LogP contribution in [-0.2, 0) is 6.42 Å². The van der Waals surface area contributed by atoms with E-state index in [1.54, 1.807) is 6.92 Å². The van der Waals surface area contributed by atoms with E-state index in [0.717, 1.165) is 17.6 Å². The maximum atomic E-state index is 11.9. The molecule has 1 aromatic heterocycles. The molecule has 0 aliphatic rings. The summed E-state index contributed by atoms with van der Waals surface area (Å²) in [5.41, 5.74) is 3.83. The molecule has 28 heavy (non-hydrogen) atoms. The van der Waals surface area contributed by atoms with Crippen LogP contribution in [0.3, 0.4) is 0 Å². The fourth-order valence-electron chi connectivity index (χ4n) is 2.80. The van der Waals surface area contributed by atoms with Crippen molar-refractivity contribution in [3.05, 3.63) is 74.7 Å². The van der Waals surface area contributed by atoms with Crippen molar-refractivity contribution < 1.29 is 14.3 Å². The molecule has 154 valence electrons. The lowest BCUT2D eigenvalue weighted by atomic mass is 9.96. The summed E-state index contributed by atoms with van der Waals surface area (Å²) < 4.78 is 10.6. The topological polar surface area (TPSA) is 59.7 Å². The van der Waals surface area contributed by atoms with Crippen LogP contribution in [-0.4, -0.2) is 18.3 Å². The Morgan fingerprint density at radius 1 is 1.32 bits per heavy atom. The lowest BCUT2D eigenvalue weighted by Gasteiger charge is -2.16. The molecule has 4 heteroatoms. The van der Waals surface area contributed by atoms with Crippen molar-refractivity contribution in [3.8, 4) is 5.95 Å². The number of hydrogen-bond donors (Lipinski definition) is 1. The minimum absolute atomic E-state index is 0.0661. The van der Waals surface area contributed by atoms with Gasteiger partial charge in [-0.3, -0.25) is 4.79 Å². The Labute approximate surface area is 168 Å². The molecule has 0 spiro atoms. The van der Waals surface area contributed by atoms with Gasteiger partial charge in [0.2, 0.25) is 0 Å². The normalized spacial score (nSPS) is 15.8. The van der Waals surface area contributed by atoms with E-state index in [1.807, 2.05) is 33.8 Å². The van der Waals surface area contributed by atoms with E-state index in [4.69, 9.17) is 9.15 Å². The van der Waals surface area contributed by atoms with E-state index in [-0.39, 0.29) is 17.3 Å². The molecule has 2 atom stereocenters. The van der Waals surface area contributed by atoms with Crippen LogP contribution in [0, 0.1) is 12.8 Å². The fraction of sp³-hybridized carbons (Fsp3) is 0.458. The molecule has 1 heterocycles. The van der Waals surface area contributed by atoms with Crippen molar-refractivity contribution in [2.45, 2.75) is 60.5 Å². The van der Waals surface area contributed by atoms with E-state index in [9.17, 15) is 9.90 Å². The summed E-state index contributed by atoms with van der Waals surface area (Å²) >= 11 is 0. The number of ether oxygens (including phenoxy) is 1. The van der Waals surface area contributed by atoms with E-state index < -0.39 is 6.10 Å². The van der Waals surface area contributed by atoms with Crippen LogP contribution >= 0.6 is 0 Å². The Morgan fingerprint density at radius 3 is 2.61 bits per heavy atom. The molecule has 0 bridgehead atoms. The molecular formula is C24H34O4. The molecule has 0 radical (unpaired) electrons. The molecule has 0 fully saturated rings. The SMILES string of the molecule is C/C=C(\C)[C@@H](O)[C@H](C)/C=C(C)/C=C\C/C(C)=C\Cc1oc(OC)cc(=O)c1C. The third kappa shape index (κ3) is 7.35. The second kappa shape index (κ2) is 11.5. The molecule has 1 N–H and O–H groups in total. The Bertz CT molecular complexity index is 821. The third-order valence-electron chi connectivity index (χ3n) is 4.86. The van der Waals surface area contributed by atoms with Crippen LogP contribution < -0.4 is 10.2 Å². The molecule has 0 aliphatic heterocycles. The lowest BCUT2D eigenvalue weighted by molar-refractivity contribution is 0.173. The first-order valence-corrected chi connectivity index (χ1v) is 9.68. The number of methoxy groups -OCH3 is 1. The van der Waals surface area contributed by atoms with Gasteiger partial charge in [-0.25, -0.2) is 0 Å². The van der Waals surface area contributed by atoms with Crippen LogP contribution in [0.15, 0.2) is 62.4 Å². The Kier molecular flexibility index (Phi) is 9.74. The summed E-state index contributed by atoms with van der Waals surface area (Å²) in [6.45, 7) is 11.8. The van der Waals surface area contributed by atoms with Gasteiger partial charge in [-0.1, -0.05) is 48.5 Å². The largest absolute Gasteiger partial charge is 0.468 e. The first kappa shape index (κ1) is 23.7. The van der Waals surface area contributed by atoms with Crippen molar-refractivity contribution in [1.29, 1.82) is 0 Å². The van der Waals surface area contributed by atoms with Gasteiger partial charge in [0.1, 0.15) is 5.76 Å². The van der Waals surface area contributed by atoms with Crippen molar-refractivity contribution >= 4 is 0 Å². The molecule has 1 aromatic rings. The summed E-state index contributed by atoms with van der Waals surface area (Å²) in [6, 6.07) is 1.36. The molecular weight excluding hydrogens is 352 g/mol. The first-order chi connectivity index (χ1) is 13.2. The van der Waals surface area contributed by atoms with E-state index in [2.05, 4.69) is 31.2 Å². The monoisotopic (exact) mass is 386 g/mol. The highest BCUT2D eigenvalue weighted by atomic mass is 16.6. The quantitative estimate of drug-likeness (QED) is 0.462. The summed E-state index contributed by atoms with van der Waals surface area (Å²) in [4.78, 5) is 11.9. The number of aliphatic hydroxyl groups is 1. The van der Waals surface area contributed by atoms with Gasteiger partial charge in [-0.05, 0) is 46.6 Å². The van der Waals surface area contributed by atoms with Crippen molar-refractivity contribution in [1.82, 2.24) is 0 Å². The van der Waals surface area contributed by atoms with Gasteiger partial charge in [0.15, 0.2) is 5.43 Å². The standard InChI is InChI=1S/C24H34O4/c1-8-18(4)24(26)19(5)14-17(3)11-9-10-16(2)12-13-22-20(6)21(25)15-23(27-7)28-22/h8-9,11-12,14-15,19,24,26H,10,13H2,1-7H3/b11-9-,16-12-,17-14+,18-8+/t19-,24-/m1/s1. The Balaban J connectivity index is 2.71. The number of hydrogen-bond acceptors (Lipinski definition) is 4. The van der Waals surface area contributed by atoms with Crippen LogP contribution in [0.2, 0.25) is 0 Å². The van der Waals surface area contributed by atoms with Gasteiger partial charge in [0, 0.05) is 17.9 Å². The molecule has 0 aromatic carbocycles. The number of allylic oxidation sites excluding steroid dienone is 6. The maximum absolute atomic E-state index is 11.9. The van der Waals surface area contributed by atoms with Gasteiger partial charge < -0.3 is 14.3 Å². The van der Waals surface area contributed by atoms with E-state index in [1.165, 1.54) is 18.7 Å². The predicted octanol–water partition coefficient (Wildman–Crippen LogP) is 5.30. The highest BCUT2D eigenvalue weighted by molar-refractivity contribution is 5.24. The van der Waals surface area contributed by atoms with Crippen molar-refractivity contribution in [3.63, 3.8) is 0 Å². The molecule has 0 aliphatic carbocycles. The van der Waals surface area contributed by atoms with Crippen molar-refractivity contribution in [2.75, 3.05) is 7.11 Å². The molecule has 4 nitrogen and oxygen atoms in total. The smallest absolute Gasteiger partial charge is 0.288 e. The zero-order valence-corrected chi connectivity index (χ0v) is 18.2. The minimum Gasteiger partial charge on any atom is -0.468 e. The molecule has 0 amide bonds.